The molecule has 1 aromatic carbocycles. The maximum atomic E-state index is 11.5. The molecule has 1 aliphatic carbocycles. The van der Waals surface area contributed by atoms with Crippen molar-refractivity contribution in [1.29, 1.82) is 0 Å². The first-order chi connectivity index (χ1) is 6.38. The Labute approximate surface area is 79.4 Å². The first-order valence-corrected chi connectivity index (χ1v) is 5.14. The molecule has 13 heavy (non-hydrogen) atoms. The second-order valence-corrected chi connectivity index (χ2v) is 3.87. The summed E-state index contributed by atoms with van der Waals surface area (Å²) >= 11 is 0. The summed E-state index contributed by atoms with van der Waals surface area (Å²) in [6.07, 6.45) is 6.34. The molecule has 2 rings (SSSR count). The van der Waals surface area contributed by atoms with Crippen LogP contribution in [0.15, 0.2) is 24.3 Å². The van der Waals surface area contributed by atoms with E-state index in [0.717, 1.165) is 5.56 Å². The SMILES string of the molecule is [O]c1ccccc1C1CCCCC1. The fourth-order valence-corrected chi connectivity index (χ4v) is 2.23. The summed E-state index contributed by atoms with van der Waals surface area (Å²) in [7, 11) is 0. The molecular formula is C12H15O. The van der Waals surface area contributed by atoms with Crippen LogP contribution in [0, 0.1) is 0 Å². The molecule has 1 aliphatic rings. The van der Waals surface area contributed by atoms with Crippen LogP contribution >= 0.6 is 0 Å². The highest BCUT2D eigenvalue weighted by Crippen LogP contribution is 2.36. The third-order valence-corrected chi connectivity index (χ3v) is 2.96. The summed E-state index contributed by atoms with van der Waals surface area (Å²) in [5.74, 6) is 0.775. The van der Waals surface area contributed by atoms with Crippen LogP contribution in [0.25, 0.3) is 0 Å². The topological polar surface area (TPSA) is 19.9 Å². The minimum absolute atomic E-state index is 0.231. The molecule has 69 valence electrons. The first-order valence-electron chi connectivity index (χ1n) is 5.14. The third kappa shape index (κ3) is 1.85. The van der Waals surface area contributed by atoms with Crippen molar-refractivity contribution in [3.63, 3.8) is 0 Å². The van der Waals surface area contributed by atoms with Crippen LogP contribution in [-0.2, 0) is 5.11 Å². The van der Waals surface area contributed by atoms with Gasteiger partial charge in [-0.15, -0.1) is 0 Å². The van der Waals surface area contributed by atoms with Gasteiger partial charge in [0.25, 0.3) is 0 Å². The predicted octanol–water partition coefficient (Wildman–Crippen LogP) is 3.88. The van der Waals surface area contributed by atoms with Gasteiger partial charge >= 0.3 is 0 Å². The van der Waals surface area contributed by atoms with E-state index in [1.54, 1.807) is 6.07 Å². The molecule has 0 atom stereocenters. The molecule has 1 nitrogen and oxygen atoms in total. The molecule has 0 heterocycles. The average molecular weight is 175 g/mol. The molecule has 1 saturated carbocycles. The van der Waals surface area contributed by atoms with Crippen LogP contribution in [0.2, 0.25) is 0 Å². The standard InChI is InChI=1S/C12H15O/c13-12-9-5-4-8-11(12)10-6-2-1-3-7-10/h4-5,8-10H,1-3,6-7H2. The van der Waals surface area contributed by atoms with E-state index in [9.17, 15) is 5.11 Å². The quantitative estimate of drug-likeness (QED) is 0.617. The van der Waals surface area contributed by atoms with E-state index in [-0.39, 0.29) is 5.75 Å². The normalized spacial score (nSPS) is 18.8. The van der Waals surface area contributed by atoms with Crippen molar-refractivity contribution in [2.45, 2.75) is 38.0 Å². The van der Waals surface area contributed by atoms with Gasteiger partial charge in [-0.1, -0.05) is 37.5 Å². The lowest BCUT2D eigenvalue weighted by atomic mass is 9.84. The Bertz CT molecular complexity index is 274. The highest BCUT2D eigenvalue weighted by Gasteiger charge is 2.18. The summed E-state index contributed by atoms with van der Waals surface area (Å²) in [6, 6.07) is 7.49. The van der Waals surface area contributed by atoms with Crippen molar-refractivity contribution in [2.75, 3.05) is 0 Å². The molecule has 1 heteroatoms. The summed E-state index contributed by atoms with van der Waals surface area (Å²) in [5, 5.41) is 11.5. The molecule has 0 spiro atoms. The van der Waals surface area contributed by atoms with Crippen molar-refractivity contribution in [1.82, 2.24) is 0 Å². The number of hydrogen-bond donors (Lipinski definition) is 0. The van der Waals surface area contributed by atoms with E-state index in [1.807, 2.05) is 18.2 Å². The second kappa shape index (κ2) is 3.82. The molecule has 0 aliphatic heterocycles. The van der Waals surface area contributed by atoms with Gasteiger partial charge in [-0.2, -0.15) is 0 Å². The molecule has 1 fully saturated rings. The van der Waals surface area contributed by atoms with E-state index < -0.39 is 0 Å². The third-order valence-electron chi connectivity index (χ3n) is 2.96. The van der Waals surface area contributed by atoms with Crippen LogP contribution in [0.3, 0.4) is 0 Å². The monoisotopic (exact) mass is 175 g/mol. The highest BCUT2D eigenvalue weighted by molar-refractivity contribution is 5.34. The Kier molecular flexibility index (Phi) is 2.53. The van der Waals surface area contributed by atoms with Crippen molar-refractivity contribution >= 4 is 0 Å². The lowest BCUT2D eigenvalue weighted by molar-refractivity contribution is 0.338. The van der Waals surface area contributed by atoms with Gasteiger partial charge in [0.15, 0.2) is 5.75 Å². The Morgan fingerprint density at radius 1 is 1.00 bits per heavy atom. The molecule has 1 aromatic rings. The second-order valence-electron chi connectivity index (χ2n) is 3.87. The average Bonchev–Trinajstić information content (AvgIpc) is 2.20. The van der Waals surface area contributed by atoms with Crippen LogP contribution in [0.5, 0.6) is 5.75 Å². The van der Waals surface area contributed by atoms with Crippen LogP contribution in [0.1, 0.15) is 43.6 Å². The van der Waals surface area contributed by atoms with Gasteiger partial charge in [0.05, 0.1) is 0 Å². The summed E-state index contributed by atoms with van der Waals surface area (Å²) < 4.78 is 0. The molecule has 0 aromatic heterocycles. The van der Waals surface area contributed by atoms with Crippen LogP contribution in [0.4, 0.5) is 0 Å². The smallest absolute Gasteiger partial charge is 0.182 e. The van der Waals surface area contributed by atoms with Gasteiger partial charge in [-0.05, 0) is 24.8 Å². The maximum Gasteiger partial charge on any atom is 0.182 e. The van der Waals surface area contributed by atoms with Gasteiger partial charge < -0.3 is 0 Å². The molecule has 0 saturated heterocycles. The zero-order valence-electron chi connectivity index (χ0n) is 7.83. The van der Waals surface area contributed by atoms with E-state index in [1.165, 1.54) is 32.1 Å². The number of hydrogen-bond acceptors (Lipinski definition) is 0. The van der Waals surface area contributed by atoms with E-state index in [4.69, 9.17) is 0 Å². The summed E-state index contributed by atoms with van der Waals surface area (Å²) in [5.41, 5.74) is 1.04. The minimum Gasteiger partial charge on any atom is -0.290 e. The van der Waals surface area contributed by atoms with E-state index in [2.05, 4.69) is 0 Å². The number of benzene rings is 1. The highest BCUT2D eigenvalue weighted by atomic mass is 16.3. The van der Waals surface area contributed by atoms with Crippen molar-refractivity contribution < 1.29 is 5.11 Å². The van der Waals surface area contributed by atoms with Crippen LogP contribution in [-0.4, -0.2) is 0 Å². The maximum absolute atomic E-state index is 11.5. The zero-order chi connectivity index (χ0) is 9.10. The van der Waals surface area contributed by atoms with Crippen molar-refractivity contribution in [3.8, 4) is 5.75 Å². The Morgan fingerprint density at radius 3 is 2.38 bits per heavy atom. The fraction of sp³-hybridized carbons (Fsp3) is 0.500. The summed E-state index contributed by atoms with van der Waals surface area (Å²) in [6.45, 7) is 0. The van der Waals surface area contributed by atoms with Gasteiger partial charge in [0.2, 0.25) is 0 Å². The van der Waals surface area contributed by atoms with E-state index >= 15 is 0 Å². The van der Waals surface area contributed by atoms with Gasteiger partial charge in [0, 0.05) is 5.56 Å². The zero-order valence-corrected chi connectivity index (χ0v) is 7.83. The molecule has 0 amide bonds. The van der Waals surface area contributed by atoms with Crippen molar-refractivity contribution in [2.24, 2.45) is 0 Å². The minimum atomic E-state index is 0.231. The van der Waals surface area contributed by atoms with Gasteiger partial charge in [-0.25, -0.2) is 0 Å². The Morgan fingerprint density at radius 2 is 1.69 bits per heavy atom. The van der Waals surface area contributed by atoms with Crippen molar-refractivity contribution in [3.05, 3.63) is 29.8 Å². The molecule has 0 unspecified atom stereocenters. The number of rotatable bonds is 1. The lowest BCUT2D eigenvalue weighted by Gasteiger charge is -2.21. The Balaban J connectivity index is 2.18. The largest absolute Gasteiger partial charge is 0.290 e. The van der Waals surface area contributed by atoms with Crippen LogP contribution < -0.4 is 0 Å². The van der Waals surface area contributed by atoms with Gasteiger partial charge in [0.1, 0.15) is 0 Å². The molecule has 0 N–H and O–H groups in total. The number of para-hydroxylation sites is 1. The molecule has 0 bridgehead atoms. The first kappa shape index (κ1) is 8.61. The fourth-order valence-electron chi connectivity index (χ4n) is 2.23. The molecular weight excluding hydrogens is 160 g/mol. The molecule has 1 radical (unpaired) electrons. The predicted molar refractivity (Wildman–Crippen MR) is 52.4 cm³/mol. The summed E-state index contributed by atoms with van der Waals surface area (Å²) in [4.78, 5) is 0. The van der Waals surface area contributed by atoms with E-state index in [0.29, 0.717) is 5.92 Å². The Hall–Kier alpha value is -0.980. The van der Waals surface area contributed by atoms with Gasteiger partial charge in [-0.3, -0.25) is 5.11 Å². The lowest BCUT2D eigenvalue weighted by Crippen LogP contribution is -2.04.